The van der Waals surface area contributed by atoms with Crippen LogP contribution in [0.2, 0.25) is 13.1 Å². The van der Waals surface area contributed by atoms with Crippen molar-refractivity contribution in [3.63, 3.8) is 0 Å². The third-order valence-corrected chi connectivity index (χ3v) is 12.3. The minimum Gasteiger partial charge on any atom is -1.00 e. The van der Waals surface area contributed by atoms with E-state index in [0.29, 0.717) is 5.92 Å². The van der Waals surface area contributed by atoms with E-state index in [1.54, 1.807) is 16.3 Å². The molecule has 39 heavy (non-hydrogen) atoms. The van der Waals surface area contributed by atoms with E-state index in [1.807, 2.05) is 0 Å². The number of nitrogens with zero attached hydrogens (tertiary/aromatic N) is 1. The number of fused-ring (bicyclic) bond motifs is 1. The van der Waals surface area contributed by atoms with E-state index in [4.69, 9.17) is 0 Å². The molecular weight excluding hydrogens is 613 g/mol. The van der Waals surface area contributed by atoms with Crippen LogP contribution in [-0.2, 0) is 26.2 Å². The molecule has 5 heteroatoms. The number of para-hydroxylation sites is 1. The van der Waals surface area contributed by atoms with Crippen molar-refractivity contribution in [2.45, 2.75) is 45.3 Å². The number of benzene rings is 3. The van der Waals surface area contributed by atoms with Gasteiger partial charge in [0.25, 0.3) is 0 Å². The summed E-state index contributed by atoms with van der Waals surface area (Å²) in [6, 6.07) is 34.9. The maximum Gasteiger partial charge on any atom is 3.00 e. The van der Waals surface area contributed by atoms with Crippen molar-refractivity contribution >= 4 is 24.0 Å². The molecule has 0 fully saturated rings. The van der Waals surface area contributed by atoms with E-state index in [2.05, 4.69) is 142 Å². The van der Waals surface area contributed by atoms with Gasteiger partial charge in [0.15, 0.2) is 0 Å². The van der Waals surface area contributed by atoms with Crippen LogP contribution in [0.15, 0.2) is 109 Å². The van der Waals surface area contributed by atoms with Crippen molar-refractivity contribution in [1.82, 2.24) is 4.57 Å². The molecule has 1 aromatic heterocycles. The summed E-state index contributed by atoms with van der Waals surface area (Å²) in [5, 5.41) is 4.42. The van der Waals surface area contributed by atoms with Crippen LogP contribution in [0.5, 0.6) is 0 Å². The molecule has 0 saturated heterocycles. The van der Waals surface area contributed by atoms with Gasteiger partial charge in [-0.15, -0.1) is 34.5 Å². The van der Waals surface area contributed by atoms with Crippen LogP contribution >= 0.6 is 0 Å². The van der Waals surface area contributed by atoms with Crippen molar-refractivity contribution in [1.29, 1.82) is 0 Å². The topological polar surface area (TPSA) is 4.93 Å². The van der Waals surface area contributed by atoms with Gasteiger partial charge in [0, 0.05) is 23.1 Å². The Kier molecular flexibility index (Phi) is 9.88. The molecular formula is C34H34Cl2NSiZr. The molecule has 197 valence electrons. The second-order valence-corrected chi connectivity index (χ2v) is 15.7. The second-order valence-electron chi connectivity index (χ2n) is 11.2. The van der Waals surface area contributed by atoms with Gasteiger partial charge in [-0.2, -0.15) is 6.07 Å². The summed E-state index contributed by atoms with van der Waals surface area (Å²) >= 11 is 0. The first-order valence-electron chi connectivity index (χ1n) is 13.1. The number of hydrogen-bond donors (Lipinski definition) is 0. The molecule has 3 heterocycles. The van der Waals surface area contributed by atoms with Gasteiger partial charge in [0.05, 0.1) is 8.07 Å². The summed E-state index contributed by atoms with van der Waals surface area (Å²) < 4.78 is 2.38. The Morgan fingerprint density at radius 3 is 2.08 bits per heavy atom. The minimum atomic E-state index is -1.17. The van der Waals surface area contributed by atoms with E-state index in [9.17, 15) is 0 Å². The third kappa shape index (κ3) is 5.24. The SMILES string of the molecule is CC(C)c1cc2c(-c3ccccc3)cccc2[cH-]1.CC1=C2c3c(ccn3-c3ccccc3)C1[Si]2(C)C.[Cl-].[Cl-].[Zr+3]. The van der Waals surface area contributed by atoms with Gasteiger partial charge < -0.3 is 29.4 Å². The van der Waals surface area contributed by atoms with Gasteiger partial charge in [0.2, 0.25) is 0 Å². The van der Waals surface area contributed by atoms with Gasteiger partial charge in [-0.25, -0.2) is 0 Å². The van der Waals surface area contributed by atoms with Crippen LogP contribution in [-0.4, -0.2) is 12.6 Å². The monoisotopic (exact) mass is 644 g/mol. The molecule has 1 nitrogen and oxygen atoms in total. The normalized spacial score (nSPS) is 15.8. The molecule has 0 spiro atoms. The van der Waals surface area contributed by atoms with Crippen LogP contribution < -0.4 is 24.8 Å². The summed E-state index contributed by atoms with van der Waals surface area (Å²) in [6.07, 6.45) is 2.24. The van der Waals surface area contributed by atoms with Gasteiger partial charge in [0.1, 0.15) is 0 Å². The molecule has 1 aliphatic carbocycles. The fourth-order valence-corrected chi connectivity index (χ4v) is 10.9. The van der Waals surface area contributed by atoms with Crippen LogP contribution in [0.25, 0.3) is 32.8 Å². The van der Waals surface area contributed by atoms with Gasteiger partial charge >= 0.3 is 26.2 Å². The maximum absolute atomic E-state index is 2.51. The average molecular weight is 647 g/mol. The number of halogens is 2. The fraction of sp³-hybridized carbons (Fsp3) is 0.206. The summed E-state index contributed by atoms with van der Waals surface area (Å²) in [7, 11) is -1.17. The predicted octanol–water partition coefficient (Wildman–Crippen LogP) is 3.50. The Bertz CT molecular complexity index is 1600. The van der Waals surface area contributed by atoms with Gasteiger partial charge in [-0.1, -0.05) is 92.7 Å². The molecule has 5 aromatic rings. The quantitative estimate of drug-likeness (QED) is 0.209. The number of rotatable bonds is 3. The first-order chi connectivity index (χ1) is 17.4. The maximum atomic E-state index is 2.51. The predicted molar refractivity (Wildman–Crippen MR) is 158 cm³/mol. The number of allylic oxidation sites excluding steroid dienone is 1. The zero-order valence-electron chi connectivity index (χ0n) is 23.2. The van der Waals surface area contributed by atoms with Crippen molar-refractivity contribution in [3.8, 4) is 16.8 Å². The summed E-state index contributed by atoms with van der Waals surface area (Å²) in [6.45, 7) is 11.8. The Hall–Kier alpha value is -2.03. The first kappa shape index (κ1) is 31.5. The van der Waals surface area contributed by atoms with Gasteiger partial charge in [-0.05, 0) is 47.4 Å². The fourth-order valence-electron chi connectivity index (χ4n) is 6.58. The Labute approximate surface area is 265 Å². The Balaban J connectivity index is 0.000000200. The van der Waals surface area contributed by atoms with Crippen LogP contribution in [0.3, 0.4) is 0 Å². The van der Waals surface area contributed by atoms with Crippen LogP contribution in [0.4, 0.5) is 0 Å². The van der Waals surface area contributed by atoms with E-state index in [1.165, 1.54) is 38.8 Å². The zero-order chi connectivity index (χ0) is 25.0. The third-order valence-electron chi connectivity index (χ3n) is 8.22. The van der Waals surface area contributed by atoms with E-state index in [-0.39, 0.29) is 51.0 Å². The smallest absolute Gasteiger partial charge is 1.00 e. The second kappa shape index (κ2) is 12.2. The van der Waals surface area contributed by atoms with E-state index < -0.39 is 8.07 Å². The van der Waals surface area contributed by atoms with Crippen molar-refractivity contribution < 1.29 is 51.0 Å². The van der Waals surface area contributed by atoms with Gasteiger partial charge in [-0.3, -0.25) is 0 Å². The first-order valence-corrected chi connectivity index (χ1v) is 16.2. The van der Waals surface area contributed by atoms with Crippen LogP contribution in [0, 0.1) is 0 Å². The Morgan fingerprint density at radius 1 is 0.821 bits per heavy atom. The number of hydrogen-bond acceptors (Lipinski definition) is 0. The molecule has 0 N–H and O–H groups in total. The molecule has 0 amide bonds. The van der Waals surface area contributed by atoms with Crippen molar-refractivity contribution in [2.75, 3.05) is 0 Å². The van der Waals surface area contributed by atoms with E-state index in [0.717, 1.165) is 5.54 Å². The van der Waals surface area contributed by atoms with E-state index >= 15 is 0 Å². The molecule has 0 saturated carbocycles. The molecule has 2 aliphatic heterocycles. The zero-order valence-corrected chi connectivity index (χ0v) is 28.1. The summed E-state index contributed by atoms with van der Waals surface area (Å²) in [4.78, 5) is 0. The number of aromatic nitrogens is 1. The molecule has 1 radical (unpaired) electrons. The molecule has 4 aromatic carbocycles. The largest absolute Gasteiger partial charge is 3.00 e. The molecule has 8 rings (SSSR count). The summed E-state index contributed by atoms with van der Waals surface area (Å²) in [5.74, 6) is 0.584. The minimum absolute atomic E-state index is 0. The van der Waals surface area contributed by atoms with Crippen molar-refractivity contribution in [2.24, 2.45) is 0 Å². The van der Waals surface area contributed by atoms with Crippen LogP contribution in [0.1, 0.15) is 49.1 Å². The molecule has 2 bridgehead atoms. The Morgan fingerprint density at radius 2 is 1.46 bits per heavy atom. The summed E-state index contributed by atoms with van der Waals surface area (Å²) in [5.41, 5.74) is 10.9. The molecule has 1 atom stereocenters. The molecule has 1 unspecified atom stereocenters. The van der Waals surface area contributed by atoms with Crippen molar-refractivity contribution in [3.05, 3.63) is 126 Å². The molecule has 3 aliphatic rings. The standard InChI is InChI=1S/C18H17.C16H17NSi.2ClH.Zr/c1-13(2)16-11-15-9-6-10-17(18(15)12-16)14-7-4-3-5-8-14;1-11-15-13-9-10-17(12-7-5-4-6-8-12)14(13)16(11)18(15,2)3;;;/h3-13H,1-2H3;4-10,15H,1-3H3;2*1H;/q-1;;;;+3/p-2. The average Bonchev–Trinajstić information content (AvgIpc) is 3.62.